The smallest absolute Gasteiger partial charge is 0.191 e. The van der Waals surface area contributed by atoms with E-state index in [2.05, 4.69) is 39.0 Å². The number of benzene rings is 1. The van der Waals surface area contributed by atoms with Gasteiger partial charge in [0.1, 0.15) is 5.82 Å². The summed E-state index contributed by atoms with van der Waals surface area (Å²) < 4.78 is 2.16. The normalized spacial score (nSPS) is 12.4. The second kappa shape index (κ2) is 12.5. The highest BCUT2D eigenvalue weighted by atomic mass is 127. The van der Waals surface area contributed by atoms with E-state index >= 15 is 0 Å². The first-order valence-corrected chi connectivity index (χ1v) is 9.74. The summed E-state index contributed by atoms with van der Waals surface area (Å²) in [5, 5.41) is 7.98. The topological polar surface area (TPSA) is 54.2 Å². The number of hydrogen-bond acceptors (Lipinski definition) is 2. The van der Waals surface area contributed by atoms with Crippen LogP contribution >= 0.6 is 47.2 Å². The number of aryl methyl sites for hydroxylation is 2. The fourth-order valence-corrected chi connectivity index (χ4v) is 3.25. The minimum absolute atomic E-state index is 0. The Labute approximate surface area is 189 Å². The minimum atomic E-state index is 0. The van der Waals surface area contributed by atoms with Crippen molar-refractivity contribution < 1.29 is 0 Å². The molecule has 1 atom stereocenters. The molecule has 5 nitrogen and oxygen atoms in total. The molecular weight excluding hydrogens is 496 g/mol. The van der Waals surface area contributed by atoms with Crippen molar-refractivity contribution in [3.05, 3.63) is 52.0 Å². The molecule has 0 aliphatic rings. The number of unbranched alkanes of at least 4 members (excludes halogenated alkanes) is 1. The fraction of sp³-hybridized carbons (Fsp3) is 0.474. The van der Waals surface area contributed by atoms with Gasteiger partial charge < -0.3 is 15.2 Å². The van der Waals surface area contributed by atoms with Crippen LogP contribution < -0.4 is 10.6 Å². The Bertz CT molecular complexity index is 733. The first-order valence-electron chi connectivity index (χ1n) is 8.98. The molecule has 0 saturated heterocycles. The lowest BCUT2D eigenvalue weighted by atomic mass is 10.1. The first-order chi connectivity index (χ1) is 12.5. The van der Waals surface area contributed by atoms with Crippen molar-refractivity contribution >= 4 is 53.1 Å². The van der Waals surface area contributed by atoms with Crippen LogP contribution in [-0.4, -0.2) is 28.6 Å². The van der Waals surface area contributed by atoms with E-state index in [-0.39, 0.29) is 30.0 Å². The molecule has 1 heterocycles. The molecule has 27 heavy (non-hydrogen) atoms. The second-order valence-electron chi connectivity index (χ2n) is 6.17. The van der Waals surface area contributed by atoms with Crippen LogP contribution in [0.4, 0.5) is 0 Å². The highest BCUT2D eigenvalue weighted by Gasteiger charge is 2.11. The van der Waals surface area contributed by atoms with Crippen LogP contribution in [0, 0.1) is 6.92 Å². The van der Waals surface area contributed by atoms with Gasteiger partial charge in [0.05, 0.1) is 6.04 Å². The summed E-state index contributed by atoms with van der Waals surface area (Å²) in [5.74, 6) is 1.85. The van der Waals surface area contributed by atoms with Gasteiger partial charge in [-0.3, -0.25) is 4.99 Å². The third-order valence-corrected chi connectivity index (χ3v) is 4.69. The van der Waals surface area contributed by atoms with Gasteiger partial charge in [-0.1, -0.05) is 29.3 Å². The molecule has 1 unspecified atom stereocenters. The summed E-state index contributed by atoms with van der Waals surface area (Å²) in [6.07, 6.45) is 5.94. The largest absolute Gasteiger partial charge is 0.357 e. The van der Waals surface area contributed by atoms with E-state index in [4.69, 9.17) is 23.2 Å². The average Bonchev–Trinajstić information content (AvgIpc) is 2.99. The fourth-order valence-electron chi connectivity index (χ4n) is 2.68. The van der Waals surface area contributed by atoms with Gasteiger partial charge >= 0.3 is 0 Å². The van der Waals surface area contributed by atoms with Gasteiger partial charge in [-0.2, -0.15) is 0 Å². The van der Waals surface area contributed by atoms with Crippen LogP contribution in [0.3, 0.4) is 0 Å². The highest BCUT2D eigenvalue weighted by molar-refractivity contribution is 14.0. The number of aliphatic imine (C=N–C) groups is 1. The van der Waals surface area contributed by atoms with Crippen LogP contribution in [0.25, 0.3) is 0 Å². The molecule has 8 heteroatoms. The van der Waals surface area contributed by atoms with Gasteiger partial charge in [-0.15, -0.1) is 24.0 Å². The molecule has 2 N–H and O–H groups in total. The predicted molar refractivity (Wildman–Crippen MR) is 126 cm³/mol. The Hall–Kier alpha value is -0.990. The van der Waals surface area contributed by atoms with Crippen molar-refractivity contribution in [1.82, 2.24) is 20.2 Å². The average molecular weight is 524 g/mol. The summed E-state index contributed by atoms with van der Waals surface area (Å²) in [7, 11) is 0. The van der Waals surface area contributed by atoms with E-state index in [1.165, 1.54) is 0 Å². The number of guanidine groups is 1. The van der Waals surface area contributed by atoms with Gasteiger partial charge in [-0.05, 0) is 51.3 Å². The van der Waals surface area contributed by atoms with Crippen LogP contribution in [0.15, 0.2) is 35.6 Å². The number of imidazole rings is 1. The van der Waals surface area contributed by atoms with Gasteiger partial charge in [-0.25, -0.2) is 4.98 Å². The van der Waals surface area contributed by atoms with Gasteiger partial charge in [0.25, 0.3) is 0 Å². The molecule has 2 rings (SSSR count). The van der Waals surface area contributed by atoms with Crippen molar-refractivity contribution in [1.29, 1.82) is 0 Å². The number of aromatic nitrogens is 2. The van der Waals surface area contributed by atoms with Crippen molar-refractivity contribution in [2.75, 3.05) is 13.1 Å². The van der Waals surface area contributed by atoms with Gasteiger partial charge in [0, 0.05) is 42.1 Å². The standard InChI is InChI=1S/C19H27Cl2N5.HI/c1-4-22-19(24-9-5-6-11-26-12-10-23-15(26)3)25-14(2)17-8-7-16(20)13-18(17)21;/h7-8,10,12-14H,4-6,9,11H2,1-3H3,(H2,22,24,25);1H. The quantitative estimate of drug-likeness (QED) is 0.216. The third-order valence-electron chi connectivity index (χ3n) is 4.13. The zero-order valence-corrected chi connectivity index (χ0v) is 19.8. The predicted octanol–water partition coefficient (Wildman–Crippen LogP) is 5.21. The van der Waals surface area contributed by atoms with E-state index in [9.17, 15) is 0 Å². The van der Waals surface area contributed by atoms with E-state index in [0.717, 1.165) is 49.8 Å². The molecule has 0 spiro atoms. The Morgan fingerprint density at radius 2 is 2.07 bits per heavy atom. The Kier molecular flexibility index (Phi) is 11.1. The zero-order chi connectivity index (χ0) is 18.9. The van der Waals surface area contributed by atoms with E-state index in [0.29, 0.717) is 10.0 Å². The maximum Gasteiger partial charge on any atom is 0.191 e. The third kappa shape index (κ3) is 7.87. The lowest BCUT2D eigenvalue weighted by Crippen LogP contribution is -2.38. The van der Waals surface area contributed by atoms with Crippen LogP contribution in [-0.2, 0) is 6.54 Å². The van der Waals surface area contributed by atoms with E-state index < -0.39 is 0 Å². The van der Waals surface area contributed by atoms with Crippen LogP contribution in [0.2, 0.25) is 10.0 Å². The Morgan fingerprint density at radius 3 is 2.70 bits per heavy atom. The van der Waals surface area contributed by atoms with Gasteiger partial charge in [0.2, 0.25) is 0 Å². The van der Waals surface area contributed by atoms with Gasteiger partial charge in [0.15, 0.2) is 5.96 Å². The summed E-state index contributed by atoms with van der Waals surface area (Å²) in [6.45, 7) is 8.69. The van der Waals surface area contributed by atoms with Crippen molar-refractivity contribution in [3.8, 4) is 0 Å². The van der Waals surface area contributed by atoms with Crippen molar-refractivity contribution in [2.24, 2.45) is 4.99 Å². The number of hydrogen-bond donors (Lipinski definition) is 2. The molecule has 0 amide bonds. The highest BCUT2D eigenvalue weighted by Crippen LogP contribution is 2.25. The summed E-state index contributed by atoms with van der Waals surface area (Å²) in [6, 6.07) is 5.59. The SMILES string of the molecule is CCNC(=NCCCCn1ccnc1C)NC(C)c1ccc(Cl)cc1Cl.I. The van der Waals surface area contributed by atoms with E-state index in [1.807, 2.05) is 31.5 Å². The lowest BCUT2D eigenvalue weighted by Gasteiger charge is -2.19. The van der Waals surface area contributed by atoms with Crippen molar-refractivity contribution in [3.63, 3.8) is 0 Å². The molecule has 0 bridgehead atoms. The molecule has 0 fully saturated rings. The summed E-state index contributed by atoms with van der Waals surface area (Å²) in [4.78, 5) is 8.91. The number of nitrogens with zero attached hydrogens (tertiary/aromatic N) is 3. The molecule has 0 saturated carbocycles. The molecule has 1 aromatic carbocycles. The van der Waals surface area contributed by atoms with Crippen LogP contribution in [0.5, 0.6) is 0 Å². The molecule has 0 radical (unpaired) electrons. The molecule has 1 aromatic heterocycles. The van der Waals surface area contributed by atoms with Crippen molar-refractivity contribution in [2.45, 2.75) is 46.2 Å². The van der Waals surface area contributed by atoms with E-state index in [1.54, 1.807) is 6.07 Å². The molecule has 150 valence electrons. The lowest BCUT2D eigenvalue weighted by molar-refractivity contribution is 0.599. The molecular formula is C19H28Cl2IN5. The second-order valence-corrected chi connectivity index (χ2v) is 7.01. The van der Waals surface area contributed by atoms with Crippen LogP contribution in [0.1, 0.15) is 44.1 Å². The molecule has 2 aromatic rings. The maximum absolute atomic E-state index is 6.30. The monoisotopic (exact) mass is 523 g/mol. The number of halogens is 3. The Morgan fingerprint density at radius 1 is 1.30 bits per heavy atom. The maximum atomic E-state index is 6.30. The summed E-state index contributed by atoms with van der Waals surface area (Å²) in [5.41, 5.74) is 0.997. The first kappa shape index (κ1) is 24.0. The minimum Gasteiger partial charge on any atom is -0.357 e. The zero-order valence-electron chi connectivity index (χ0n) is 16.0. The number of rotatable bonds is 8. The molecule has 0 aliphatic heterocycles. The summed E-state index contributed by atoms with van der Waals surface area (Å²) >= 11 is 12.3. The number of nitrogens with one attached hydrogen (secondary N) is 2. The Balaban J connectivity index is 0.00000364. The molecule has 0 aliphatic carbocycles.